The molecule has 0 bridgehead atoms. The van der Waals surface area contributed by atoms with Crippen molar-refractivity contribution >= 4 is 0 Å². The average molecular weight is 445 g/mol. The summed E-state index contributed by atoms with van der Waals surface area (Å²) in [7, 11) is 0. The van der Waals surface area contributed by atoms with Gasteiger partial charge in [0.2, 0.25) is 5.67 Å². The maximum absolute atomic E-state index is 13.7. The van der Waals surface area contributed by atoms with Crippen LogP contribution in [0.25, 0.3) is 0 Å². The molecule has 0 heterocycles. The van der Waals surface area contributed by atoms with Crippen molar-refractivity contribution in [3.8, 4) is 0 Å². The van der Waals surface area contributed by atoms with E-state index in [1.807, 2.05) is 0 Å². The van der Waals surface area contributed by atoms with E-state index < -0.39 is 60.8 Å². The largest absolute Gasteiger partial charge is 0.460 e. The van der Waals surface area contributed by atoms with E-state index in [2.05, 4.69) is 5.73 Å². The molecule has 1 unspecified atom stereocenters. The van der Waals surface area contributed by atoms with E-state index in [-0.39, 0.29) is 0 Å². The standard InChI is InChI=1S/C10H7F16N/c1-3(11,5(14,15)4(12,13)2-27)6(16,17)7(18,19)8(20,21)9(22,23)10(24,25)26/h2,27H2,1H3. The first-order valence-electron chi connectivity index (χ1n) is 6.04. The van der Waals surface area contributed by atoms with E-state index in [0.29, 0.717) is 0 Å². The lowest BCUT2D eigenvalue weighted by Gasteiger charge is -2.44. The van der Waals surface area contributed by atoms with Crippen molar-refractivity contribution in [3.63, 3.8) is 0 Å². The van der Waals surface area contributed by atoms with Crippen LogP contribution in [0.1, 0.15) is 6.92 Å². The Morgan fingerprint density at radius 2 is 0.778 bits per heavy atom. The molecule has 27 heavy (non-hydrogen) atoms. The molecule has 0 saturated heterocycles. The maximum atomic E-state index is 13.7. The predicted octanol–water partition coefficient (Wildman–Crippen LogP) is 5.05. The predicted molar refractivity (Wildman–Crippen MR) is 54.3 cm³/mol. The lowest BCUT2D eigenvalue weighted by molar-refractivity contribution is -0.444. The molecule has 0 aromatic carbocycles. The third-order valence-corrected chi connectivity index (χ3v) is 3.43. The van der Waals surface area contributed by atoms with Crippen molar-refractivity contribution < 1.29 is 70.2 Å². The van der Waals surface area contributed by atoms with Gasteiger partial charge < -0.3 is 5.73 Å². The number of alkyl halides is 16. The van der Waals surface area contributed by atoms with E-state index in [1.165, 1.54) is 0 Å². The zero-order valence-corrected chi connectivity index (χ0v) is 12.3. The molecule has 0 amide bonds. The summed E-state index contributed by atoms with van der Waals surface area (Å²) in [5.41, 5.74) is -2.76. The topological polar surface area (TPSA) is 26.0 Å². The molecular formula is C10H7F16N. The maximum Gasteiger partial charge on any atom is 0.460 e. The Balaban J connectivity index is 6.65. The van der Waals surface area contributed by atoms with Crippen LogP contribution in [0.15, 0.2) is 0 Å². The van der Waals surface area contributed by atoms with Crippen molar-refractivity contribution in [2.75, 3.05) is 6.54 Å². The van der Waals surface area contributed by atoms with Crippen LogP contribution in [0, 0.1) is 0 Å². The minimum atomic E-state index is -8.23. The van der Waals surface area contributed by atoms with E-state index in [9.17, 15) is 70.2 Å². The molecule has 164 valence electrons. The summed E-state index contributed by atoms with van der Waals surface area (Å²) in [5, 5.41) is 0. The first kappa shape index (κ1) is 25.8. The van der Waals surface area contributed by atoms with Gasteiger partial charge in [0, 0.05) is 0 Å². The molecule has 0 aliphatic heterocycles. The molecule has 1 atom stereocenters. The summed E-state index contributed by atoms with van der Waals surface area (Å²) < 4.78 is 206. The van der Waals surface area contributed by atoms with E-state index in [4.69, 9.17) is 0 Å². The molecule has 0 fully saturated rings. The molecule has 0 aromatic heterocycles. The fourth-order valence-corrected chi connectivity index (χ4v) is 1.54. The van der Waals surface area contributed by atoms with Gasteiger partial charge >= 0.3 is 41.7 Å². The molecule has 0 spiro atoms. The highest BCUT2D eigenvalue weighted by Gasteiger charge is 2.93. The molecule has 2 N–H and O–H groups in total. The van der Waals surface area contributed by atoms with Crippen LogP contribution in [0.4, 0.5) is 70.2 Å². The normalized spacial score (nSPS) is 18.4. The van der Waals surface area contributed by atoms with Crippen molar-refractivity contribution in [1.82, 2.24) is 0 Å². The minimum Gasteiger partial charge on any atom is -0.325 e. The Morgan fingerprint density at radius 3 is 1.04 bits per heavy atom. The Labute approximate surface area is 138 Å². The average Bonchev–Trinajstić information content (AvgIpc) is 2.44. The smallest absolute Gasteiger partial charge is 0.325 e. The highest BCUT2D eigenvalue weighted by Crippen LogP contribution is 2.63. The van der Waals surface area contributed by atoms with Crippen LogP contribution >= 0.6 is 0 Å². The van der Waals surface area contributed by atoms with E-state index in [0.717, 1.165) is 0 Å². The van der Waals surface area contributed by atoms with Gasteiger partial charge in [-0.1, -0.05) is 0 Å². The highest BCUT2D eigenvalue weighted by molar-refractivity contribution is 5.17. The summed E-state index contributed by atoms with van der Waals surface area (Å²) >= 11 is 0. The zero-order valence-electron chi connectivity index (χ0n) is 12.3. The molecule has 17 heteroatoms. The van der Waals surface area contributed by atoms with E-state index >= 15 is 0 Å². The molecule has 0 saturated carbocycles. The van der Waals surface area contributed by atoms with Crippen LogP contribution in [-0.4, -0.2) is 53.9 Å². The summed E-state index contributed by atoms with van der Waals surface area (Å²) in [4.78, 5) is 0. The first-order chi connectivity index (χ1) is 11.3. The Bertz CT molecular complexity index is 544. The van der Waals surface area contributed by atoms with Crippen molar-refractivity contribution in [1.29, 1.82) is 0 Å². The second-order valence-electron chi connectivity index (χ2n) is 5.28. The molecule has 0 aliphatic carbocycles. The number of rotatable bonds is 7. The van der Waals surface area contributed by atoms with Crippen LogP contribution < -0.4 is 5.73 Å². The van der Waals surface area contributed by atoms with Crippen molar-refractivity contribution in [2.45, 2.75) is 54.3 Å². The Kier molecular flexibility index (Phi) is 5.90. The summed E-state index contributed by atoms with van der Waals surface area (Å²) in [6.45, 7) is -4.22. The Hall–Kier alpha value is -1.16. The highest BCUT2D eigenvalue weighted by atomic mass is 19.4. The van der Waals surface area contributed by atoms with Crippen molar-refractivity contribution in [3.05, 3.63) is 0 Å². The monoisotopic (exact) mass is 445 g/mol. The van der Waals surface area contributed by atoms with Gasteiger partial charge in [-0.3, -0.25) is 0 Å². The van der Waals surface area contributed by atoms with Crippen LogP contribution in [0.5, 0.6) is 0 Å². The van der Waals surface area contributed by atoms with E-state index in [1.54, 1.807) is 0 Å². The molecular weight excluding hydrogens is 438 g/mol. The fraction of sp³-hybridized carbons (Fsp3) is 1.00. The first-order valence-corrected chi connectivity index (χ1v) is 6.04. The zero-order chi connectivity index (χ0) is 22.7. The number of nitrogens with two attached hydrogens (primary N) is 1. The molecule has 0 aliphatic rings. The second kappa shape index (κ2) is 6.17. The van der Waals surface area contributed by atoms with Crippen LogP contribution in [0.2, 0.25) is 0 Å². The molecule has 0 radical (unpaired) electrons. The van der Waals surface area contributed by atoms with Gasteiger partial charge in [-0.15, -0.1) is 0 Å². The van der Waals surface area contributed by atoms with Gasteiger partial charge in [0.1, 0.15) is 0 Å². The van der Waals surface area contributed by atoms with Gasteiger partial charge in [-0.25, -0.2) is 4.39 Å². The SMILES string of the molecule is CC(F)(C(F)(F)C(F)(F)CN)C(F)(F)C(F)(F)C(F)(F)C(F)(F)C(F)(F)F. The number of hydrogen-bond donors (Lipinski definition) is 1. The van der Waals surface area contributed by atoms with Gasteiger partial charge in [-0.05, 0) is 6.92 Å². The minimum absolute atomic E-state index is 1.51. The van der Waals surface area contributed by atoms with Gasteiger partial charge in [-0.2, -0.15) is 65.9 Å². The molecule has 0 rings (SSSR count). The molecule has 1 nitrogen and oxygen atoms in total. The van der Waals surface area contributed by atoms with Crippen LogP contribution in [0.3, 0.4) is 0 Å². The fourth-order valence-electron chi connectivity index (χ4n) is 1.54. The lowest BCUT2D eigenvalue weighted by Crippen LogP contribution is -2.75. The number of halogens is 16. The second-order valence-corrected chi connectivity index (χ2v) is 5.28. The molecule has 0 aromatic rings. The summed E-state index contributed by atoms with van der Waals surface area (Å²) in [6.07, 6.45) is -7.63. The van der Waals surface area contributed by atoms with Gasteiger partial charge in [0.15, 0.2) is 0 Å². The number of hydrogen-bond acceptors (Lipinski definition) is 1. The quantitative estimate of drug-likeness (QED) is 0.546. The lowest BCUT2D eigenvalue weighted by atomic mass is 9.81. The third kappa shape index (κ3) is 3.08. The van der Waals surface area contributed by atoms with Crippen molar-refractivity contribution in [2.24, 2.45) is 5.73 Å². The Morgan fingerprint density at radius 1 is 0.481 bits per heavy atom. The van der Waals surface area contributed by atoms with Gasteiger partial charge in [0.25, 0.3) is 0 Å². The van der Waals surface area contributed by atoms with Gasteiger partial charge in [0.05, 0.1) is 6.54 Å². The summed E-state index contributed by atoms with van der Waals surface area (Å²) in [6, 6.07) is 0. The summed E-state index contributed by atoms with van der Waals surface area (Å²) in [5.74, 6) is -45.4. The third-order valence-electron chi connectivity index (χ3n) is 3.43. The van der Waals surface area contributed by atoms with Crippen LogP contribution in [-0.2, 0) is 0 Å².